The molecule has 1 aromatic heterocycles. The second-order valence-corrected chi connectivity index (χ2v) is 5.16. The summed E-state index contributed by atoms with van der Waals surface area (Å²) in [5.74, 6) is 0. The normalized spacial score (nSPS) is 19.6. The quantitative estimate of drug-likeness (QED) is 0.928. The van der Waals surface area contributed by atoms with Gasteiger partial charge in [-0.1, -0.05) is 31.2 Å². The van der Waals surface area contributed by atoms with Crippen molar-refractivity contribution in [2.24, 2.45) is 7.05 Å². The van der Waals surface area contributed by atoms with Gasteiger partial charge in [0.2, 0.25) is 0 Å². The number of likely N-dealkylation sites (N-methyl/N-ethyl adjacent to an activating group) is 1. The molecule has 1 aliphatic rings. The van der Waals surface area contributed by atoms with E-state index in [0.29, 0.717) is 0 Å². The number of nitrogens with one attached hydrogen (secondary N) is 1. The van der Waals surface area contributed by atoms with Gasteiger partial charge >= 0.3 is 0 Å². The molecule has 106 valence electrons. The summed E-state index contributed by atoms with van der Waals surface area (Å²) in [6.07, 6.45) is 2.89. The highest BCUT2D eigenvalue weighted by molar-refractivity contribution is 5.33. The lowest BCUT2D eigenvalue weighted by atomic mass is 9.92. The van der Waals surface area contributed by atoms with Gasteiger partial charge in [-0.25, -0.2) is 0 Å². The summed E-state index contributed by atoms with van der Waals surface area (Å²) in [6, 6.07) is 10.8. The zero-order valence-corrected chi connectivity index (χ0v) is 12.0. The van der Waals surface area contributed by atoms with Crippen molar-refractivity contribution in [3.8, 4) is 0 Å². The molecule has 1 aromatic carbocycles. The van der Waals surface area contributed by atoms with E-state index in [1.54, 1.807) is 0 Å². The van der Waals surface area contributed by atoms with Gasteiger partial charge < -0.3 is 10.1 Å². The van der Waals surface area contributed by atoms with Crippen molar-refractivity contribution >= 4 is 0 Å². The monoisotopic (exact) mass is 271 g/mol. The maximum absolute atomic E-state index is 6.09. The molecule has 1 N–H and O–H groups in total. The lowest BCUT2D eigenvalue weighted by molar-refractivity contribution is 0.0132. The van der Waals surface area contributed by atoms with Crippen molar-refractivity contribution in [2.75, 3.05) is 13.2 Å². The fourth-order valence-electron chi connectivity index (χ4n) is 2.98. The molecule has 0 spiro atoms. The molecule has 0 aliphatic carbocycles. The Morgan fingerprint density at radius 2 is 2.25 bits per heavy atom. The van der Waals surface area contributed by atoms with Gasteiger partial charge in [0.05, 0.1) is 18.3 Å². The third-order valence-corrected chi connectivity index (χ3v) is 3.93. The van der Waals surface area contributed by atoms with Crippen LogP contribution in [-0.2, 0) is 18.2 Å². The van der Waals surface area contributed by atoms with Crippen LogP contribution in [0, 0.1) is 0 Å². The molecule has 0 bridgehead atoms. The van der Waals surface area contributed by atoms with Crippen LogP contribution in [0.5, 0.6) is 0 Å². The minimum Gasteiger partial charge on any atom is -0.371 e. The van der Waals surface area contributed by atoms with Gasteiger partial charge in [-0.2, -0.15) is 5.10 Å². The third-order valence-electron chi connectivity index (χ3n) is 3.93. The number of ether oxygens (including phenoxy) is 1. The van der Waals surface area contributed by atoms with Crippen LogP contribution in [0.15, 0.2) is 36.5 Å². The zero-order chi connectivity index (χ0) is 13.9. The van der Waals surface area contributed by atoms with E-state index in [1.165, 1.54) is 11.1 Å². The molecule has 0 saturated heterocycles. The molecule has 2 aromatic rings. The second-order valence-electron chi connectivity index (χ2n) is 5.16. The van der Waals surface area contributed by atoms with E-state index in [1.807, 2.05) is 17.9 Å². The van der Waals surface area contributed by atoms with Crippen LogP contribution in [0.3, 0.4) is 0 Å². The highest BCUT2D eigenvalue weighted by atomic mass is 16.5. The smallest absolute Gasteiger partial charge is 0.104 e. The van der Waals surface area contributed by atoms with Crippen molar-refractivity contribution in [1.29, 1.82) is 0 Å². The summed E-state index contributed by atoms with van der Waals surface area (Å²) >= 11 is 0. The average molecular weight is 271 g/mol. The highest BCUT2D eigenvalue weighted by Crippen LogP contribution is 2.36. The molecular formula is C16H21N3O. The molecule has 0 radical (unpaired) electrons. The molecular weight excluding hydrogens is 250 g/mol. The van der Waals surface area contributed by atoms with Gasteiger partial charge in [0.1, 0.15) is 6.10 Å². The van der Waals surface area contributed by atoms with E-state index in [9.17, 15) is 0 Å². The van der Waals surface area contributed by atoms with Crippen molar-refractivity contribution < 1.29 is 4.74 Å². The Kier molecular flexibility index (Phi) is 3.85. The number of benzene rings is 1. The first-order chi connectivity index (χ1) is 9.81. The van der Waals surface area contributed by atoms with Gasteiger partial charge in [-0.3, -0.25) is 4.68 Å². The van der Waals surface area contributed by atoms with Gasteiger partial charge in [0.25, 0.3) is 0 Å². The first-order valence-electron chi connectivity index (χ1n) is 7.22. The fraction of sp³-hybridized carbons (Fsp3) is 0.438. The summed E-state index contributed by atoms with van der Waals surface area (Å²) in [7, 11) is 1.98. The lowest BCUT2D eigenvalue weighted by Crippen LogP contribution is -2.33. The molecule has 0 fully saturated rings. The topological polar surface area (TPSA) is 39.1 Å². The van der Waals surface area contributed by atoms with Crippen molar-refractivity contribution in [1.82, 2.24) is 15.1 Å². The number of aryl methyl sites for hydroxylation is 1. The van der Waals surface area contributed by atoms with Crippen LogP contribution < -0.4 is 5.32 Å². The van der Waals surface area contributed by atoms with Crippen LogP contribution in [0.4, 0.5) is 0 Å². The predicted molar refractivity (Wildman–Crippen MR) is 78.5 cm³/mol. The number of fused-ring (bicyclic) bond motifs is 1. The van der Waals surface area contributed by atoms with Crippen LogP contribution in [0.2, 0.25) is 0 Å². The Hall–Kier alpha value is -1.65. The van der Waals surface area contributed by atoms with E-state index in [4.69, 9.17) is 4.74 Å². The standard InChI is InChI=1S/C16H21N3O/c1-3-17-15(14-8-10-18-19(14)2)16-13-7-5-4-6-12(13)9-11-20-16/h4-8,10,15-17H,3,9,11H2,1-2H3. The number of nitrogens with zero attached hydrogens (tertiary/aromatic N) is 2. The van der Waals surface area contributed by atoms with Gasteiger partial charge in [-0.05, 0) is 30.2 Å². The molecule has 4 nitrogen and oxygen atoms in total. The van der Waals surface area contributed by atoms with E-state index >= 15 is 0 Å². The maximum atomic E-state index is 6.09. The number of rotatable bonds is 4. The van der Waals surface area contributed by atoms with E-state index in [2.05, 4.69) is 47.7 Å². The van der Waals surface area contributed by atoms with Gasteiger partial charge in [0, 0.05) is 13.2 Å². The van der Waals surface area contributed by atoms with Gasteiger partial charge in [0.15, 0.2) is 0 Å². The highest BCUT2D eigenvalue weighted by Gasteiger charge is 2.30. The Balaban J connectivity index is 1.99. The van der Waals surface area contributed by atoms with Crippen LogP contribution >= 0.6 is 0 Å². The van der Waals surface area contributed by atoms with Crippen molar-refractivity contribution in [3.63, 3.8) is 0 Å². The number of aromatic nitrogens is 2. The molecule has 2 unspecified atom stereocenters. The summed E-state index contributed by atoms with van der Waals surface area (Å²) in [6.45, 7) is 3.80. The van der Waals surface area contributed by atoms with Gasteiger partial charge in [-0.15, -0.1) is 0 Å². The van der Waals surface area contributed by atoms with Crippen molar-refractivity contribution in [2.45, 2.75) is 25.5 Å². The number of hydrogen-bond acceptors (Lipinski definition) is 3. The molecule has 0 saturated carbocycles. The molecule has 1 aliphatic heterocycles. The Morgan fingerprint density at radius 1 is 1.40 bits per heavy atom. The van der Waals surface area contributed by atoms with Crippen LogP contribution in [0.1, 0.15) is 35.9 Å². The van der Waals surface area contributed by atoms with Crippen molar-refractivity contribution in [3.05, 3.63) is 53.3 Å². The molecule has 0 amide bonds. The van der Waals surface area contributed by atoms with E-state index < -0.39 is 0 Å². The summed E-state index contributed by atoms with van der Waals surface area (Å²) in [5, 5.41) is 7.84. The molecule has 2 heterocycles. The minimum absolute atomic E-state index is 0.0512. The summed E-state index contributed by atoms with van der Waals surface area (Å²) in [4.78, 5) is 0. The largest absolute Gasteiger partial charge is 0.371 e. The molecule has 4 heteroatoms. The third kappa shape index (κ3) is 2.37. The minimum atomic E-state index is 0.0512. The number of hydrogen-bond donors (Lipinski definition) is 1. The summed E-state index contributed by atoms with van der Waals surface area (Å²) in [5.41, 5.74) is 3.85. The lowest BCUT2D eigenvalue weighted by Gasteiger charge is -2.33. The fourth-order valence-corrected chi connectivity index (χ4v) is 2.98. The zero-order valence-electron chi connectivity index (χ0n) is 12.0. The van der Waals surface area contributed by atoms with Crippen LogP contribution in [-0.4, -0.2) is 22.9 Å². The molecule has 20 heavy (non-hydrogen) atoms. The average Bonchev–Trinajstić information content (AvgIpc) is 2.90. The van der Waals surface area contributed by atoms with E-state index in [-0.39, 0.29) is 12.1 Å². The molecule has 2 atom stereocenters. The Bertz CT molecular complexity index is 579. The van der Waals surface area contributed by atoms with Crippen LogP contribution in [0.25, 0.3) is 0 Å². The second kappa shape index (κ2) is 5.77. The summed E-state index contributed by atoms with van der Waals surface area (Å²) < 4.78 is 8.02. The SMILES string of the molecule is CCNC(c1ccnn1C)C1OCCc2ccccc21. The Labute approximate surface area is 119 Å². The first kappa shape index (κ1) is 13.3. The molecule has 3 rings (SSSR count). The predicted octanol–water partition coefficient (Wildman–Crippen LogP) is 2.38. The van der Waals surface area contributed by atoms with E-state index in [0.717, 1.165) is 25.3 Å². The first-order valence-corrected chi connectivity index (χ1v) is 7.22. The maximum Gasteiger partial charge on any atom is 0.104 e. The Morgan fingerprint density at radius 3 is 3.00 bits per heavy atom.